The van der Waals surface area contributed by atoms with Gasteiger partial charge in [-0.2, -0.15) is 0 Å². The number of hydrogen-bond acceptors (Lipinski definition) is 12. The molecule has 1 amide bonds. The van der Waals surface area contributed by atoms with Gasteiger partial charge in [-0.15, -0.1) is 0 Å². The third kappa shape index (κ3) is 14.4. The number of allylic oxidation sites excluding steroid dienone is 5. The number of nitrogens with zero attached hydrogens (tertiary/aromatic N) is 4. The van der Waals surface area contributed by atoms with Crippen LogP contribution in [0.5, 0.6) is 5.75 Å². The van der Waals surface area contributed by atoms with Crippen molar-refractivity contribution in [2.75, 3.05) is 24.3 Å². The van der Waals surface area contributed by atoms with Gasteiger partial charge in [-0.25, -0.2) is 19.2 Å². The number of carbonyl (C=O) groups excluding carboxylic acids is 2. The van der Waals surface area contributed by atoms with E-state index in [0.717, 1.165) is 13.0 Å². The number of carboxylic acids is 2. The van der Waals surface area contributed by atoms with E-state index in [0.29, 0.717) is 34.2 Å². The third-order valence-corrected chi connectivity index (χ3v) is 6.76. The number of imidazole rings is 2. The summed E-state index contributed by atoms with van der Waals surface area (Å²) in [6.07, 6.45) is 16.2. The van der Waals surface area contributed by atoms with E-state index < -0.39 is 23.7 Å². The Kier molecular flexibility index (Phi) is 16.8. The van der Waals surface area contributed by atoms with Crippen LogP contribution in [0.3, 0.4) is 0 Å². The smallest absolute Gasteiger partial charge is 0.337 e. The van der Waals surface area contributed by atoms with E-state index in [-0.39, 0.29) is 41.4 Å². The third-order valence-electron chi connectivity index (χ3n) is 6.39. The number of nitrogens with one attached hydrogen (secondary N) is 2. The molecule has 17 nitrogen and oxygen atoms in total. The summed E-state index contributed by atoms with van der Waals surface area (Å²) in [5.41, 5.74) is 23.7. The second-order valence-electron chi connectivity index (χ2n) is 10.3. The molecule has 0 aliphatic rings. The molecule has 0 unspecified atom stereocenters. The fourth-order valence-electron chi connectivity index (χ4n) is 3.83. The van der Waals surface area contributed by atoms with Crippen LogP contribution in [0.25, 0.3) is 11.6 Å². The zero-order valence-corrected chi connectivity index (χ0v) is 29.2. The number of carboxylic acid groups (broad SMARTS) is 2. The number of halogens is 2. The summed E-state index contributed by atoms with van der Waals surface area (Å²) >= 11 is 6.26. The molecule has 19 heteroatoms. The van der Waals surface area contributed by atoms with Crippen LogP contribution < -0.4 is 38.3 Å². The van der Waals surface area contributed by atoms with Gasteiger partial charge in [-0.05, 0) is 54.1 Å². The molecule has 0 spiro atoms. The normalized spacial score (nSPS) is 11.6. The summed E-state index contributed by atoms with van der Waals surface area (Å²) in [6.45, 7) is 1.13. The minimum absolute atomic E-state index is 0.0456. The maximum atomic E-state index is 14.3. The van der Waals surface area contributed by atoms with Crippen LogP contribution in [-0.2, 0) is 20.8 Å². The molecule has 0 bridgehead atoms. The molecule has 0 aliphatic heterocycles. The lowest BCUT2D eigenvalue weighted by Gasteiger charge is -2.13. The molecule has 2 aromatic heterocycles. The number of carbonyl (C=O) groups is 4. The van der Waals surface area contributed by atoms with Crippen LogP contribution in [0.1, 0.15) is 22.8 Å². The monoisotopic (exact) mass is 752 g/mol. The highest BCUT2D eigenvalue weighted by Crippen LogP contribution is 2.27. The summed E-state index contributed by atoms with van der Waals surface area (Å²) in [5.74, 6) is -2.78. The molecule has 2 heterocycles. The predicted octanol–water partition coefficient (Wildman–Crippen LogP) is 3.05. The maximum Gasteiger partial charge on any atom is 0.337 e. The first-order valence-corrected chi connectivity index (χ1v) is 15.5. The summed E-state index contributed by atoms with van der Waals surface area (Å²) < 4.78 is 23.0. The molecule has 0 atom stereocenters. The van der Waals surface area contributed by atoms with Crippen molar-refractivity contribution >= 4 is 58.7 Å². The van der Waals surface area contributed by atoms with Crippen LogP contribution in [0.15, 0.2) is 103 Å². The molecule has 4 rings (SSSR count). The van der Waals surface area contributed by atoms with Gasteiger partial charge in [-0.1, -0.05) is 11.6 Å². The average molecular weight is 753 g/mol. The average Bonchev–Trinajstić information content (AvgIpc) is 3.87. The van der Waals surface area contributed by atoms with Crippen LogP contribution in [0.2, 0.25) is 5.02 Å². The number of aromatic carboxylic acids is 1. The molecule has 0 aliphatic carbocycles. The van der Waals surface area contributed by atoms with Crippen molar-refractivity contribution in [1.82, 2.24) is 19.1 Å². The first kappa shape index (κ1) is 42.1. The fourth-order valence-corrected chi connectivity index (χ4v) is 4.05. The number of ether oxygens (including phenoxy) is 1. The SMILES string of the molecule is CC(=O)O.CNc1cc(OCCc2cc(NC(=O)/C(N)=C/C=C(\N)n3ccnc3)ccc2Cl)c(F)cc1C(=O)O.N/C(C=O)=C\C=C(/N)n1ccnc1. The highest BCUT2D eigenvalue weighted by Gasteiger charge is 2.16. The van der Waals surface area contributed by atoms with Crippen LogP contribution in [-0.4, -0.2) is 67.1 Å². The predicted molar refractivity (Wildman–Crippen MR) is 197 cm³/mol. The maximum absolute atomic E-state index is 14.3. The van der Waals surface area contributed by atoms with Crippen LogP contribution in [0.4, 0.5) is 15.8 Å². The van der Waals surface area contributed by atoms with Crippen molar-refractivity contribution < 1.29 is 38.5 Å². The quantitative estimate of drug-likeness (QED) is 0.0554. The largest absolute Gasteiger partial charge is 0.490 e. The molecule has 0 fully saturated rings. The first-order valence-electron chi connectivity index (χ1n) is 15.1. The number of anilines is 2. The van der Waals surface area contributed by atoms with E-state index in [1.807, 2.05) is 0 Å². The topological polar surface area (TPSA) is 282 Å². The van der Waals surface area contributed by atoms with Gasteiger partial charge in [0.25, 0.3) is 11.9 Å². The summed E-state index contributed by atoms with van der Waals surface area (Å²) in [4.78, 5) is 50.5. The van der Waals surface area contributed by atoms with E-state index >= 15 is 0 Å². The fraction of sp³-hybridized carbons (Fsp3) is 0.118. The van der Waals surface area contributed by atoms with Crippen molar-refractivity contribution in [3.63, 3.8) is 0 Å². The van der Waals surface area contributed by atoms with E-state index in [4.69, 9.17) is 54.3 Å². The van der Waals surface area contributed by atoms with E-state index in [1.54, 1.807) is 58.4 Å². The summed E-state index contributed by atoms with van der Waals surface area (Å²) in [6, 6.07) is 7.03. The Morgan fingerprint density at radius 1 is 0.943 bits per heavy atom. The number of aldehydes is 1. The first-order chi connectivity index (χ1) is 25.2. The second-order valence-corrected chi connectivity index (χ2v) is 10.7. The Morgan fingerprint density at radius 3 is 2.04 bits per heavy atom. The minimum Gasteiger partial charge on any atom is -0.490 e. The molecular formula is C34H38ClFN10O7. The summed E-state index contributed by atoms with van der Waals surface area (Å²) in [7, 11) is 1.52. The van der Waals surface area contributed by atoms with Crippen LogP contribution in [0, 0.1) is 5.82 Å². The van der Waals surface area contributed by atoms with Crippen molar-refractivity contribution in [2.45, 2.75) is 13.3 Å². The van der Waals surface area contributed by atoms with Gasteiger partial charge >= 0.3 is 5.97 Å². The number of benzene rings is 2. The molecule has 280 valence electrons. The zero-order valence-electron chi connectivity index (χ0n) is 28.4. The standard InChI is InChI=1S/C24H24ClFN6O4.C8H10N4O.C2H4O2/c1-29-20-12-21(18(26)11-16(20)24(34)35)36-9-6-14-10-15(2-3-17(14)25)31-23(33)19(27)4-5-22(28)32-8-7-30-13-32;9-7(5-13)1-2-8(10)12-4-3-11-6-12;1-2(3)4/h2-5,7-8,10-13,29H,6,9,27-28H2,1H3,(H,31,33)(H,34,35);1-6H,9-10H2;1H3,(H,3,4)/b19-4-,22-5+;7-1-,8-2+;. The molecule has 53 heavy (non-hydrogen) atoms. The van der Waals surface area contributed by atoms with E-state index in [2.05, 4.69) is 20.6 Å². The molecular weight excluding hydrogens is 715 g/mol. The van der Waals surface area contributed by atoms with Crippen molar-refractivity contribution in [3.05, 3.63) is 125 Å². The number of aromatic nitrogens is 4. The molecule has 0 saturated carbocycles. The Labute approximate surface area is 307 Å². The van der Waals surface area contributed by atoms with Gasteiger partial charge in [0, 0.05) is 62.0 Å². The lowest BCUT2D eigenvalue weighted by molar-refractivity contribution is -0.134. The molecule has 0 saturated heterocycles. The highest BCUT2D eigenvalue weighted by atomic mass is 35.5. The van der Waals surface area contributed by atoms with Crippen molar-refractivity contribution in [2.24, 2.45) is 22.9 Å². The lowest BCUT2D eigenvalue weighted by atomic mass is 10.1. The van der Waals surface area contributed by atoms with E-state index in [1.165, 1.54) is 43.7 Å². The second kappa shape index (κ2) is 21.2. The van der Waals surface area contributed by atoms with Gasteiger partial charge in [0.05, 0.1) is 29.3 Å². The van der Waals surface area contributed by atoms with Gasteiger partial charge < -0.3 is 48.5 Å². The van der Waals surface area contributed by atoms with Crippen LogP contribution >= 0.6 is 11.6 Å². The molecule has 12 N–H and O–H groups in total. The van der Waals surface area contributed by atoms with E-state index in [9.17, 15) is 18.8 Å². The number of nitrogens with two attached hydrogens (primary N) is 4. The van der Waals surface area contributed by atoms with Gasteiger partial charge in [-0.3, -0.25) is 23.5 Å². The van der Waals surface area contributed by atoms with Gasteiger partial charge in [0.1, 0.15) is 24.3 Å². The van der Waals surface area contributed by atoms with Gasteiger partial charge in [0.15, 0.2) is 17.9 Å². The minimum atomic E-state index is -1.26. The summed E-state index contributed by atoms with van der Waals surface area (Å²) in [5, 5.41) is 22.4. The number of amides is 1. The Balaban J connectivity index is 0.000000472. The highest BCUT2D eigenvalue weighted by molar-refractivity contribution is 6.31. The number of aliphatic carboxylic acids is 1. The molecule has 0 radical (unpaired) electrons. The van der Waals surface area contributed by atoms with Crippen molar-refractivity contribution in [1.29, 1.82) is 0 Å². The Morgan fingerprint density at radius 2 is 1.53 bits per heavy atom. The Hall–Kier alpha value is -7.08. The molecule has 2 aromatic carbocycles. The number of rotatable bonds is 13. The van der Waals surface area contributed by atoms with Gasteiger partial charge in [0.2, 0.25) is 0 Å². The Bertz CT molecular complexity index is 1990. The lowest BCUT2D eigenvalue weighted by Crippen LogP contribution is -2.20. The molecule has 4 aromatic rings. The zero-order chi connectivity index (χ0) is 39.5. The number of hydrogen-bond donors (Lipinski definition) is 8. The van der Waals surface area contributed by atoms with Crippen molar-refractivity contribution in [3.8, 4) is 5.75 Å².